The van der Waals surface area contributed by atoms with Crippen molar-refractivity contribution in [2.24, 2.45) is 10.7 Å². The van der Waals surface area contributed by atoms with Gasteiger partial charge >= 0.3 is 0 Å². The van der Waals surface area contributed by atoms with Gasteiger partial charge in [-0.15, -0.1) is 0 Å². The summed E-state index contributed by atoms with van der Waals surface area (Å²) in [6.45, 7) is 4.13. The number of nitrogens with one attached hydrogen (secondary N) is 2. The highest BCUT2D eigenvalue weighted by atomic mass is 16.3. The molecular weight excluding hydrogens is 180 g/mol. The first-order valence-corrected chi connectivity index (χ1v) is 4.59. The van der Waals surface area contributed by atoms with Crippen LogP contribution in [0.25, 0.3) is 0 Å². The Morgan fingerprint density at radius 1 is 1.57 bits per heavy atom. The largest absolute Gasteiger partial charge is 0.370 e. The van der Waals surface area contributed by atoms with Crippen molar-refractivity contribution in [3.05, 3.63) is 17.3 Å². The van der Waals surface area contributed by atoms with E-state index in [0.717, 1.165) is 16.9 Å². The molecule has 1 aromatic rings. The summed E-state index contributed by atoms with van der Waals surface area (Å²) in [6, 6.07) is 0. The van der Waals surface area contributed by atoms with Crippen LogP contribution in [0.15, 0.2) is 11.2 Å². The van der Waals surface area contributed by atoms with Gasteiger partial charge in [0, 0.05) is 11.8 Å². The molecular formula is C9H14N4O. The summed E-state index contributed by atoms with van der Waals surface area (Å²) in [4.78, 5) is 6.89. The number of nitrogens with two attached hydrogens (primary N) is 1. The molecule has 1 aliphatic heterocycles. The molecule has 0 aromatic carbocycles. The monoisotopic (exact) mass is 194 g/mol. The first-order chi connectivity index (χ1) is 6.59. The second-order valence-corrected chi connectivity index (χ2v) is 3.70. The van der Waals surface area contributed by atoms with Gasteiger partial charge < -0.3 is 21.1 Å². The number of nitrogens with zero attached hydrogens (tertiary/aromatic N) is 1. The normalized spacial score (nSPS) is 20.3. The molecule has 0 fully saturated rings. The van der Waals surface area contributed by atoms with E-state index in [0.29, 0.717) is 5.92 Å². The van der Waals surface area contributed by atoms with Crippen molar-refractivity contribution in [1.82, 2.24) is 4.98 Å². The lowest BCUT2D eigenvalue weighted by molar-refractivity contribution is 0.187. The maximum absolute atomic E-state index is 9.72. The molecule has 1 unspecified atom stereocenters. The van der Waals surface area contributed by atoms with Crippen LogP contribution in [-0.4, -0.2) is 16.1 Å². The van der Waals surface area contributed by atoms with Gasteiger partial charge in [0.15, 0.2) is 12.2 Å². The zero-order valence-electron chi connectivity index (χ0n) is 8.20. The number of aromatic amines is 1. The summed E-state index contributed by atoms with van der Waals surface area (Å²) < 4.78 is 0. The Labute approximate surface area is 82.0 Å². The minimum absolute atomic E-state index is 0.238. The summed E-state index contributed by atoms with van der Waals surface area (Å²) in [5.74, 6) is 1.33. The molecule has 0 bridgehead atoms. The van der Waals surface area contributed by atoms with Gasteiger partial charge in [-0.2, -0.15) is 0 Å². The second-order valence-electron chi connectivity index (χ2n) is 3.70. The van der Waals surface area contributed by atoms with Crippen molar-refractivity contribution in [3.8, 4) is 0 Å². The molecule has 0 aliphatic carbocycles. The summed E-state index contributed by atoms with van der Waals surface area (Å²) in [6.07, 6.45) is 1.02. The number of anilines is 1. The number of rotatable bonds is 1. The fourth-order valence-corrected chi connectivity index (χ4v) is 1.67. The molecule has 1 aromatic heterocycles. The Hall–Kier alpha value is -1.49. The first-order valence-electron chi connectivity index (χ1n) is 4.59. The van der Waals surface area contributed by atoms with Crippen LogP contribution in [0.3, 0.4) is 0 Å². The van der Waals surface area contributed by atoms with E-state index in [1.54, 1.807) is 0 Å². The van der Waals surface area contributed by atoms with Crippen molar-refractivity contribution in [2.75, 3.05) is 5.32 Å². The quantitative estimate of drug-likeness (QED) is 0.535. The average Bonchev–Trinajstić information content (AvgIpc) is 2.47. The van der Waals surface area contributed by atoms with Gasteiger partial charge in [0.25, 0.3) is 0 Å². The highest BCUT2D eigenvalue weighted by Gasteiger charge is 2.24. The predicted molar refractivity (Wildman–Crippen MR) is 55.1 cm³/mol. The molecule has 5 nitrogen and oxygen atoms in total. The van der Waals surface area contributed by atoms with Crippen LogP contribution in [0.4, 0.5) is 5.82 Å². The van der Waals surface area contributed by atoms with Crippen LogP contribution in [0.5, 0.6) is 0 Å². The molecule has 1 aliphatic rings. The van der Waals surface area contributed by atoms with Gasteiger partial charge in [0.05, 0.1) is 0 Å². The SMILES string of the molecule is CC(C)c1c[nH]c2c1C(O)N=C(N)N2. The molecule has 0 amide bonds. The lowest BCUT2D eigenvalue weighted by Gasteiger charge is -2.18. The zero-order chi connectivity index (χ0) is 10.3. The summed E-state index contributed by atoms with van der Waals surface area (Å²) >= 11 is 0. The smallest absolute Gasteiger partial charge is 0.197 e. The Bertz CT molecular complexity index is 380. The van der Waals surface area contributed by atoms with Crippen LogP contribution in [-0.2, 0) is 0 Å². The lowest BCUT2D eigenvalue weighted by atomic mass is 10.0. The average molecular weight is 194 g/mol. The molecule has 0 saturated carbocycles. The minimum atomic E-state index is -0.852. The van der Waals surface area contributed by atoms with E-state index in [1.807, 2.05) is 6.20 Å². The molecule has 5 heteroatoms. The number of hydrogen-bond acceptors (Lipinski definition) is 4. The van der Waals surface area contributed by atoms with E-state index >= 15 is 0 Å². The summed E-state index contributed by atoms with van der Waals surface area (Å²) in [5.41, 5.74) is 7.35. The molecule has 2 rings (SSSR count). The third kappa shape index (κ3) is 1.26. The number of aromatic nitrogens is 1. The van der Waals surface area contributed by atoms with Gasteiger partial charge in [-0.25, -0.2) is 4.99 Å². The van der Waals surface area contributed by atoms with Gasteiger partial charge in [-0.1, -0.05) is 13.8 Å². The van der Waals surface area contributed by atoms with Gasteiger partial charge in [-0.3, -0.25) is 0 Å². The minimum Gasteiger partial charge on any atom is -0.370 e. The topological polar surface area (TPSA) is 86.4 Å². The Balaban J connectivity index is 2.47. The molecule has 1 atom stereocenters. The summed E-state index contributed by atoms with van der Waals surface area (Å²) in [5, 5.41) is 12.6. The number of hydrogen-bond donors (Lipinski definition) is 4. The first kappa shape index (κ1) is 9.08. The zero-order valence-corrected chi connectivity index (χ0v) is 8.20. The van der Waals surface area contributed by atoms with Crippen LogP contribution in [0.2, 0.25) is 0 Å². The third-order valence-electron chi connectivity index (χ3n) is 2.35. The number of H-pyrrole nitrogens is 1. The molecule has 14 heavy (non-hydrogen) atoms. The molecule has 76 valence electrons. The van der Waals surface area contributed by atoms with Crippen LogP contribution < -0.4 is 11.1 Å². The summed E-state index contributed by atoms with van der Waals surface area (Å²) in [7, 11) is 0. The van der Waals surface area contributed by atoms with Crippen LogP contribution in [0, 0.1) is 0 Å². The molecule has 0 radical (unpaired) electrons. The Kier molecular flexibility index (Phi) is 1.96. The molecule has 5 N–H and O–H groups in total. The van der Waals surface area contributed by atoms with E-state index in [4.69, 9.17) is 5.73 Å². The van der Waals surface area contributed by atoms with Crippen molar-refractivity contribution >= 4 is 11.8 Å². The van der Waals surface area contributed by atoms with E-state index < -0.39 is 6.23 Å². The number of fused-ring (bicyclic) bond motifs is 1. The number of aliphatic hydroxyl groups is 1. The van der Waals surface area contributed by atoms with E-state index in [2.05, 4.69) is 29.1 Å². The standard InChI is InChI=1S/C9H14N4O/c1-4(2)5-3-11-7-6(5)8(14)13-9(10)12-7/h3-4,8,11,14H,1-2H3,(H3,10,12,13). The van der Waals surface area contributed by atoms with Crippen LogP contribution >= 0.6 is 0 Å². The van der Waals surface area contributed by atoms with Gasteiger partial charge in [0.2, 0.25) is 0 Å². The third-order valence-corrected chi connectivity index (χ3v) is 2.35. The highest BCUT2D eigenvalue weighted by molar-refractivity contribution is 5.94. The van der Waals surface area contributed by atoms with E-state index in [1.165, 1.54) is 0 Å². The number of aliphatic imine (C=N–C) groups is 1. The Morgan fingerprint density at radius 3 is 2.93 bits per heavy atom. The van der Waals surface area contributed by atoms with Crippen molar-refractivity contribution in [2.45, 2.75) is 26.0 Å². The molecule has 0 saturated heterocycles. The number of aliphatic hydroxyl groups excluding tert-OH is 1. The van der Waals surface area contributed by atoms with Gasteiger partial charge in [0.1, 0.15) is 5.82 Å². The maximum atomic E-state index is 9.72. The maximum Gasteiger partial charge on any atom is 0.197 e. The van der Waals surface area contributed by atoms with E-state index in [-0.39, 0.29) is 5.96 Å². The fourth-order valence-electron chi connectivity index (χ4n) is 1.67. The number of guanidine groups is 1. The fraction of sp³-hybridized carbons (Fsp3) is 0.444. The predicted octanol–water partition coefficient (Wildman–Crippen LogP) is 0.869. The van der Waals surface area contributed by atoms with Crippen molar-refractivity contribution in [3.63, 3.8) is 0 Å². The Morgan fingerprint density at radius 2 is 2.29 bits per heavy atom. The van der Waals surface area contributed by atoms with Crippen molar-refractivity contribution < 1.29 is 5.11 Å². The second kappa shape index (κ2) is 3.02. The highest BCUT2D eigenvalue weighted by Crippen LogP contribution is 2.33. The molecule has 0 spiro atoms. The van der Waals surface area contributed by atoms with Crippen molar-refractivity contribution in [1.29, 1.82) is 0 Å². The van der Waals surface area contributed by atoms with Crippen LogP contribution in [0.1, 0.15) is 37.1 Å². The molecule has 2 heterocycles. The van der Waals surface area contributed by atoms with E-state index in [9.17, 15) is 5.11 Å². The van der Waals surface area contributed by atoms with Gasteiger partial charge in [-0.05, 0) is 11.5 Å². The lowest BCUT2D eigenvalue weighted by Crippen LogP contribution is -2.28.